The van der Waals surface area contributed by atoms with Gasteiger partial charge in [0, 0.05) is 0 Å². The van der Waals surface area contributed by atoms with Gasteiger partial charge in [0.1, 0.15) is 0 Å². The molecule has 0 bridgehead atoms. The first-order valence-corrected chi connectivity index (χ1v) is 5.54. The maximum Gasteiger partial charge on any atom is 0.316 e. The zero-order valence-electron chi connectivity index (χ0n) is 8.99. The van der Waals surface area contributed by atoms with Gasteiger partial charge in [-0.05, 0) is 12.8 Å². The van der Waals surface area contributed by atoms with Gasteiger partial charge in [-0.25, -0.2) is 0 Å². The molecule has 16 heavy (non-hydrogen) atoms. The molecule has 1 saturated carbocycles. The highest BCUT2D eigenvalue weighted by Gasteiger charge is 2.24. The van der Waals surface area contributed by atoms with Crippen LogP contribution < -0.4 is 10.6 Å². The second-order valence-corrected chi connectivity index (χ2v) is 3.92. The van der Waals surface area contributed by atoms with E-state index in [4.69, 9.17) is 4.74 Å². The smallest absolute Gasteiger partial charge is 0.316 e. The Hall–Kier alpha value is -1.43. The van der Waals surface area contributed by atoms with Crippen LogP contribution in [-0.2, 0) is 14.3 Å². The Morgan fingerprint density at radius 1 is 1.19 bits per heavy atom. The van der Waals surface area contributed by atoms with Crippen LogP contribution in [0.25, 0.3) is 0 Å². The minimum Gasteiger partial charge on any atom is -0.376 e. The average molecular weight is 225 g/mol. The van der Waals surface area contributed by atoms with Gasteiger partial charge in [0.15, 0.2) is 0 Å². The summed E-state index contributed by atoms with van der Waals surface area (Å²) in [6.45, 7) is 0.978. The number of carbonyl (C=O) groups is 2. The minimum atomic E-state index is -0.657. The van der Waals surface area contributed by atoms with Crippen molar-refractivity contribution in [2.45, 2.75) is 31.8 Å². The predicted molar refractivity (Wildman–Crippen MR) is 56.8 cm³/mol. The van der Waals surface area contributed by atoms with E-state index in [9.17, 15) is 9.59 Å². The molecule has 0 aromatic heterocycles. The Morgan fingerprint density at radius 2 is 1.81 bits per heavy atom. The van der Waals surface area contributed by atoms with Crippen LogP contribution in [0.4, 0.5) is 0 Å². The summed E-state index contributed by atoms with van der Waals surface area (Å²) in [6, 6.07) is 0. The van der Waals surface area contributed by atoms with Crippen molar-refractivity contribution >= 4 is 17.8 Å². The number of hydrogen-bond donors (Lipinski definition) is 2. The minimum absolute atomic E-state index is 0.227. The van der Waals surface area contributed by atoms with E-state index in [2.05, 4.69) is 15.6 Å². The Balaban J connectivity index is 1.65. The number of carbonyl (C=O) groups excluding carboxylic acids is 2. The van der Waals surface area contributed by atoms with Gasteiger partial charge in [-0.2, -0.15) is 0 Å². The third-order valence-electron chi connectivity index (χ3n) is 2.69. The van der Waals surface area contributed by atoms with Gasteiger partial charge < -0.3 is 4.74 Å². The molecule has 0 spiro atoms. The monoisotopic (exact) mass is 225 g/mol. The molecule has 6 nitrogen and oxygen atoms in total. The lowest BCUT2D eigenvalue weighted by Crippen LogP contribution is -2.26. The van der Waals surface area contributed by atoms with E-state index < -0.39 is 11.8 Å². The molecule has 1 saturated heterocycles. The molecule has 2 rings (SSSR count). The second-order valence-electron chi connectivity index (χ2n) is 3.92. The molecule has 2 N–H and O–H groups in total. The Labute approximate surface area is 93.4 Å². The molecule has 0 aromatic carbocycles. The van der Waals surface area contributed by atoms with Crippen molar-refractivity contribution in [2.75, 3.05) is 13.2 Å². The molecule has 2 amide bonds. The third-order valence-corrected chi connectivity index (χ3v) is 2.69. The fourth-order valence-electron chi connectivity index (χ4n) is 1.87. The number of aliphatic imine (C=N–C) groups is 1. The summed E-state index contributed by atoms with van der Waals surface area (Å²) < 4.78 is 5.58. The second kappa shape index (κ2) is 5.07. The number of ether oxygens (including phenoxy) is 1. The molecule has 2 fully saturated rings. The molecular weight excluding hydrogens is 210 g/mol. The molecule has 0 unspecified atom stereocenters. The summed E-state index contributed by atoms with van der Waals surface area (Å²) in [5.74, 6) is -1.09. The fourth-order valence-corrected chi connectivity index (χ4v) is 1.87. The maximum absolute atomic E-state index is 10.8. The van der Waals surface area contributed by atoms with Crippen LogP contribution in [0, 0.1) is 0 Å². The van der Waals surface area contributed by atoms with Crippen molar-refractivity contribution in [3.8, 4) is 0 Å². The zero-order chi connectivity index (χ0) is 11.4. The lowest BCUT2D eigenvalue weighted by Gasteiger charge is -2.09. The van der Waals surface area contributed by atoms with Gasteiger partial charge in [0.25, 0.3) is 0 Å². The van der Waals surface area contributed by atoms with Crippen LogP contribution in [0.3, 0.4) is 0 Å². The van der Waals surface area contributed by atoms with Crippen LogP contribution in [0.2, 0.25) is 0 Å². The summed E-state index contributed by atoms with van der Waals surface area (Å²) in [5, 5.41) is 4.65. The van der Waals surface area contributed by atoms with Crippen LogP contribution in [0.1, 0.15) is 25.7 Å². The average Bonchev–Trinajstić information content (AvgIpc) is 2.85. The number of rotatable bonds is 4. The van der Waals surface area contributed by atoms with E-state index in [-0.39, 0.29) is 5.96 Å². The standard InChI is InChI=1S/C10H15N3O3/c14-8-9(15)13-10(12-8)11-5-6-16-7-3-1-2-4-7/h7H,1-6H2,(H2,11,12,13,14,15). The van der Waals surface area contributed by atoms with Gasteiger partial charge in [-0.3, -0.25) is 25.2 Å². The number of guanidine groups is 1. The van der Waals surface area contributed by atoms with E-state index in [0.29, 0.717) is 19.3 Å². The Morgan fingerprint density at radius 3 is 2.44 bits per heavy atom. The Bertz CT molecular complexity index is 303. The van der Waals surface area contributed by atoms with Gasteiger partial charge in [-0.1, -0.05) is 12.8 Å². The molecule has 88 valence electrons. The predicted octanol–water partition coefficient (Wildman–Crippen LogP) is -0.452. The van der Waals surface area contributed by atoms with E-state index in [1.165, 1.54) is 12.8 Å². The molecule has 1 aliphatic heterocycles. The van der Waals surface area contributed by atoms with Crippen molar-refractivity contribution in [2.24, 2.45) is 4.99 Å². The van der Waals surface area contributed by atoms with E-state index >= 15 is 0 Å². The first-order valence-electron chi connectivity index (χ1n) is 5.54. The highest BCUT2D eigenvalue weighted by molar-refractivity contribution is 6.45. The quantitative estimate of drug-likeness (QED) is 0.502. The maximum atomic E-state index is 10.8. The van der Waals surface area contributed by atoms with E-state index in [1.807, 2.05) is 0 Å². The van der Waals surface area contributed by atoms with Crippen LogP contribution in [-0.4, -0.2) is 37.0 Å². The van der Waals surface area contributed by atoms with Crippen LogP contribution >= 0.6 is 0 Å². The lowest BCUT2D eigenvalue weighted by atomic mass is 10.3. The van der Waals surface area contributed by atoms with Crippen molar-refractivity contribution in [3.63, 3.8) is 0 Å². The summed E-state index contributed by atoms with van der Waals surface area (Å²) >= 11 is 0. The summed E-state index contributed by atoms with van der Waals surface area (Å²) in [4.78, 5) is 25.6. The van der Waals surface area contributed by atoms with Crippen molar-refractivity contribution in [3.05, 3.63) is 0 Å². The van der Waals surface area contributed by atoms with Gasteiger partial charge in [-0.15, -0.1) is 0 Å². The van der Waals surface area contributed by atoms with Gasteiger partial charge in [0.2, 0.25) is 5.96 Å². The normalized spacial score (nSPS) is 21.1. The Kier molecular flexibility index (Phi) is 3.51. The lowest BCUT2D eigenvalue weighted by molar-refractivity contribution is -0.135. The van der Waals surface area contributed by atoms with E-state index in [0.717, 1.165) is 12.8 Å². The van der Waals surface area contributed by atoms with E-state index in [1.54, 1.807) is 0 Å². The number of amides is 2. The van der Waals surface area contributed by atoms with Gasteiger partial charge >= 0.3 is 11.8 Å². The molecule has 1 aliphatic carbocycles. The molecular formula is C10H15N3O3. The molecule has 0 aromatic rings. The van der Waals surface area contributed by atoms with Crippen molar-refractivity contribution in [1.82, 2.24) is 10.6 Å². The van der Waals surface area contributed by atoms with Gasteiger partial charge in [0.05, 0.1) is 19.3 Å². The first kappa shape index (κ1) is 11.1. The van der Waals surface area contributed by atoms with Crippen molar-refractivity contribution in [1.29, 1.82) is 0 Å². The summed E-state index contributed by atoms with van der Waals surface area (Å²) in [5.41, 5.74) is 0. The highest BCUT2D eigenvalue weighted by atomic mass is 16.5. The summed E-state index contributed by atoms with van der Waals surface area (Å²) in [6.07, 6.45) is 5.11. The topological polar surface area (TPSA) is 79.8 Å². The largest absolute Gasteiger partial charge is 0.376 e. The number of nitrogens with zero attached hydrogens (tertiary/aromatic N) is 1. The number of hydrogen-bond acceptors (Lipinski definition) is 4. The summed E-state index contributed by atoms with van der Waals surface area (Å²) in [7, 11) is 0. The number of nitrogens with one attached hydrogen (secondary N) is 2. The van der Waals surface area contributed by atoms with Crippen LogP contribution in [0.15, 0.2) is 4.99 Å². The molecule has 2 aliphatic rings. The SMILES string of the molecule is O=C1NC(=NCCOC2CCCC2)NC1=O. The highest BCUT2D eigenvalue weighted by Crippen LogP contribution is 2.20. The third kappa shape index (κ3) is 2.79. The first-order chi connectivity index (χ1) is 7.75. The van der Waals surface area contributed by atoms with Crippen molar-refractivity contribution < 1.29 is 14.3 Å². The zero-order valence-corrected chi connectivity index (χ0v) is 8.99. The molecule has 1 heterocycles. The molecule has 6 heteroatoms. The molecule has 0 radical (unpaired) electrons. The molecule has 0 atom stereocenters. The van der Waals surface area contributed by atoms with Crippen LogP contribution in [0.5, 0.6) is 0 Å². The fraction of sp³-hybridized carbons (Fsp3) is 0.700.